The monoisotopic (exact) mass is 153 g/mol. The highest BCUT2D eigenvalue weighted by Gasteiger charge is 1.94. The van der Waals surface area contributed by atoms with Crippen LogP contribution in [-0.4, -0.2) is 16.3 Å². The van der Waals surface area contributed by atoms with Gasteiger partial charge in [-0.15, -0.1) is 0 Å². The van der Waals surface area contributed by atoms with Crippen LogP contribution in [0.4, 0.5) is 0 Å². The molecule has 1 aromatic heterocycles. The molecule has 3 heteroatoms. The van der Waals surface area contributed by atoms with Crippen molar-refractivity contribution in [1.29, 1.82) is 0 Å². The summed E-state index contributed by atoms with van der Waals surface area (Å²) in [6.45, 7) is 7.08. The number of nitrogens with one attached hydrogen (secondary N) is 1. The first-order chi connectivity index (χ1) is 5.36. The van der Waals surface area contributed by atoms with Gasteiger partial charge in [0, 0.05) is 24.8 Å². The molecule has 0 radical (unpaired) electrons. The minimum atomic E-state index is 0.927. The molecule has 62 valence electrons. The summed E-state index contributed by atoms with van der Waals surface area (Å²) in [6, 6.07) is 0. The van der Waals surface area contributed by atoms with E-state index in [2.05, 4.69) is 30.5 Å². The highest BCUT2D eigenvalue weighted by Crippen LogP contribution is 1.95. The van der Waals surface area contributed by atoms with Crippen LogP contribution in [0.3, 0.4) is 0 Å². The highest BCUT2D eigenvalue weighted by atomic mass is 15.3. The van der Waals surface area contributed by atoms with Crippen molar-refractivity contribution in [2.75, 3.05) is 6.54 Å². The van der Waals surface area contributed by atoms with Gasteiger partial charge in [0.1, 0.15) is 0 Å². The van der Waals surface area contributed by atoms with Crippen molar-refractivity contribution in [2.24, 2.45) is 0 Å². The first-order valence-electron chi connectivity index (χ1n) is 4.08. The van der Waals surface area contributed by atoms with Crippen molar-refractivity contribution in [2.45, 2.75) is 26.9 Å². The summed E-state index contributed by atoms with van der Waals surface area (Å²) in [5.41, 5.74) is 1.26. The quantitative estimate of drug-likeness (QED) is 0.699. The third kappa shape index (κ3) is 2.35. The molecule has 11 heavy (non-hydrogen) atoms. The minimum absolute atomic E-state index is 0.927. The van der Waals surface area contributed by atoms with Gasteiger partial charge in [0.2, 0.25) is 0 Å². The smallest absolute Gasteiger partial charge is 0.0534 e. The molecule has 0 aliphatic rings. The molecule has 0 saturated heterocycles. The zero-order valence-electron chi connectivity index (χ0n) is 7.17. The van der Waals surface area contributed by atoms with E-state index < -0.39 is 0 Å². The second-order valence-electron chi connectivity index (χ2n) is 2.48. The molecule has 0 saturated carbocycles. The second-order valence-corrected chi connectivity index (χ2v) is 2.48. The molecule has 0 aromatic carbocycles. The van der Waals surface area contributed by atoms with Crippen molar-refractivity contribution in [3.05, 3.63) is 18.0 Å². The summed E-state index contributed by atoms with van der Waals surface area (Å²) in [6.07, 6.45) is 3.98. The largest absolute Gasteiger partial charge is 0.313 e. The topological polar surface area (TPSA) is 29.9 Å². The van der Waals surface area contributed by atoms with E-state index in [0.717, 1.165) is 19.6 Å². The SMILES string of the molecule is CCNCc1cnn(CC)c1. The van der Waals surface area contributed by atoms with Gasteiger partial charge in [-0.05, 0) is 13.5 Å². The Bertz CT molecular complexity index is 205. The zero-order valence-corrected chi connectivity index (χ0v) is 7.17. The summed E-state index contributed by atoms with van der Waals surface area (Å²) in [4.78, 5) is 0. The maximum atomic E-state index is 4.16. The Balaban J connectivity index is 2.44. The Morgan fingerprint density at radius 3 is 2.91 bits per heavy atom. The number of hydrogen-bond acceptors (Lipinski definition) is 2. The van der Waals surface area contributed by atoms with Crippen LogP contribution in [0.25, 0.3) is 0 Å². The minimum Gasteiger partial charge on any atom is -0.313 e. The molecule has 3 nitrogen and oxygen atoms in total. The molecule has 0 fully saturated rings. The van der Waals surface area contributed by atoms with Gasteiger partial charge in [0.25, 0.3) is 0 Å². The fourth-order valence-electron chi connectivity index (χ4n) is 0.940. The summed E-state index contributed by atoms with van der Waals surface area (Å²) in [7, 11) is 0. The van der Waals surface area contributed by atoms with E-state index in [4.69, 9.17) is 0 Å². The van der Waals surface area contributed by atoms with Crippen LogP contribution < -0.4 is 5.32 Å². The molecule has 0 unspecified atom stereocenters. The van der Waals surface area contributed by atoms with Crippen LogP contribution in [-0.2, 0) is 13.1 Å². The van der Waals surface area contributed by atoms with Crippen molar-refractivity contribution in [1.82, 2.24) is 15.1 Å². The van der Waals surface area contributed by atoms with E-state index in [1.807, 2.05) is 10.9 Å². The summed E-state index contributed by atoms with van der Waals surface area (Å²) in [5.74, 6) is 0. The number of aromatic nitrogens is 2. The van der Waals surface area contributed by atoms with Crippen LogP contribution in [0, 0.1) is 0 Å². The van der Waals surface area contributed by atoms with E-state index in [0.29, 0.717) is 0 Å². The van der Waals surface area contributed by atoms with Crippen LogP contribution in [0.15, 0.2) is 12.4 Å². The Kier molecular flexibility index (Phi) is 3.11. The fraction of sp³-hybridized carbons (Fsp3) is 0.625. The molecule has 0 aliphatic carbocycles. The van der Waals surface area contributed by atoms with Crippen molar-refractivity contribution in [3.63, 3.8) is 0 Å². The fourth-order valence-corrected chi connectivity index (χ4v) is 0.940. The summed E-state index contributed by atoms with van der Waals surface area (Å²) in [5, 5.41) is 7.41. The molecule has 0 aliphatic heterocycles. The lowest BCUT2D eigenvalue weighted by Gasteiger charge is -1.95. The Hall–Kier alpha value is -0.830. The molecular formula is C8H15N3. The van der Waals surface area contributed by atoms with Gasteiger partial charge in [0.05, 0.1) is 6.20 Å². The number of nitrogens with zero attached hydrogens (tertiary/aromatic N) is 2. The molecular weight excluding hydrogens is 138 g/mol. The summed E-state index contributed by atoms with van der Waals surface area (Å²) >= 11 is 0. The lowest BCUT2D eigenvalue weighted by Crippen LogP contribution is -2.10. The van der Waals surface area contributed by atoms with E-state index in [-0.39, 0.29) is 0 Å². The Labute approximate surface area is 67.4 Å². The molecule has 0 bridgehead atoms. The van der Waals surface area contributed by atoms with Gasteiger partial charge in [-0.3, -0.25) is 4.68 Å². The van der Waals surface area contributed by atoms with Crippen LogP contribution in [0.1, 0.15) is 19.4 Å². The van der Waals surface area contributed by atoms with Crippen LogP contribution in [0.2, 0.25) is 0 Å². The number of aryl methyl sites for hydroxylation is 1. The Morgan fingerprint density at radius 1 is 1.55 bits per heavy atom. The van der Waals surface area contributed by atoms with Crippen molar-refractivity contribution >= 4 is 0 Å². The van der Waals surface area contributed by atoms with E-state index in [1.54, 1.807) is 0 Å². The Morgan fingerprint density at radius 2 is 2.36 bits per heavy atom. The lowest BCUT2D eigenvalue weighted by atomic mass is 10.3. The second kappa shape index (κ2) is 4.13. The van der Waals surface area contributed by atoms with Gasteiger partial charge in [-0.2, -0.15) is 5.10 Å². The van der Waals surface area contributed by atoms with Crippen molar-refractivity contribution in [3.8, 4) is 0 Å². The average Bonchev–Trinajstić information content (AvgIpc) is 2.48. The standard InChI is InChI=1S/C8H15N3/c1-3-9-5-8-6-10-11(4-2)7-8/h6-7,9H,3-5H2,1-2H3. The molecule has 1 heterocycles. The maximum Gasteiger partial charge on any atom is 0.0534 e. The molecule has 1 aromatic rings. The van der Waals surface area contributed by atoms with Gasteiger partial charge in [-0.1, -0.05) is 6.92 Å². The van der Waals surface area contributed by atoms with Gasteiger partial charge < -0.3 is 5.32 Å². The van der Waals surface area contributed by atoms with Gasteiger partial charge >= 0.3 is 0 Å². The van der Waals surface area contributed by atoms with E-state index in [1.165, 1.54) is 5.56 Å². The average molecular weight is 153 g/mol. The number of hydrogen-bond donors (Lipinski definition) is 1. The first-order valence-corrected chi connectivity index (χ1v) is 4.08. The van der Waals surface area contributed by atoms with Crippen molar-refractivity contribution < 1.29 is 0 Å². The van der Waals surface area contributed by atoms with E-state index in [9.17, 15) is 0 Å². The molecule has 1 rings (SSSR count). The zero-order chi connectivity index (χ0) is 8.10. The predicted molar refractivity (Wildman–Crippen MR) is 45.3 cm³/mol. The maximum absolute atomic E-state index is 4.16. The lowest BCUT2D eigenvalue weighted by molar-refractivity contribution is 0.657. The third-order valence-corrected chi connectivity index (χ3v) is 1.59. The highest BCUT2D eigenvalue weighted by molar-refractivity contribution is 5.02. The third-order valence-electron chi connectivity index (χ3n) is 1.59. The van der Waals surface area contributed by atoms with Crippen LogP contribution >= 0.6 is 0 Å². The molecule has 0 amide bonds. The van der Waals surface area contributed by atoms with E-state index >= 15 is 0 Å². The molecule has 0 atom stereocenters. The first kappa shape index (κ1) is 8.27. The predicted octanol–water partition coefficient (Wildman–Crippen LogP) is 1.01. The molecule has 0 spiro atoms. The normalized spacial score (nSPS) is 10.4. The molecule has 1 N–H and O–H groups in total. The summed E-state index contributed by atoms with van der Waals surface area (Å²) < 4.78 is 1.94. The van der Waals surface area contributed by atoms with Gasteiger partial charge in [0.15, 0.2) is 0 Å². The number of rotatable bonds is 4. The van der Waals surface area contributed by atoms with Crippen LogP contribution in [0.5, 0.6) is 0 Å². The van der Waals surface area contributed by atoms with Gasteiger partial charge in [-0.25, -0.2) is 0 Å².